The molecule has 5 heteroatoms. The summed E-state index contributed by atoms with van der Waals surface area (Å²) >= 11 is 0. The minimum atomic E-state index is -0.757. The minimum Gasteiger partial charge on any atom is -0.409 e. The van der Waals surface area contributed by atoms with Gasteiger partial charge in [0.15, 0.2) is 5.84 Å². The van der Waals surface area contributed by atoms with Gasteiger partial charge in [-0.05, 0) is 24.7 Å². The number of rotatable bonds is 4. The van der Waals surface area contributed by atoms with Crippen molar-refractivity contribution in [3.05, 3.63) is 0 Å². The number of hydrogen-bond donors (Lipinski definition) is 3. The molecule has 0 bridgehead atoms. The van der Waals surface area contributed by atoms with Crippen LogP contribution in [0.2, 0.25) is 0 Å². The Hall–Kier alpha value is -1.26. The topological polar surface area (TPSA) is 87.7 Å². The summed E-state index contributed by atoms with van der Waals surface area (Å²) in [5.74, 6) is -0.0692. The van der Waals surface area contributed by atoms with Crippen molar-refractivity contribution < 1.29 is 10.0 Å². The molecule has 0 spiro atoms. The van der Waals surface area contributed by atoms with Crippen molar-refractivity contribution in [1.29, 1.82) is 0 Å². The molecule has 1 saturated carbocycles. The first kappa shape index (κ1) is 13.8. The number of amides is 1. The van der Waals surface area contributed by atoms with Crippen molar-refractivity contribution in [2.24, 2.45) is 21.7 Å². The van der Waals surface area contributed by atoms with Crippen molar-refractivity contribution >= 4 is 11.7 Å². The van der Waals surface area contributed by atoms with Crippen molar-refractivity contribution in [1.82, 2.24) is 5.32 Å². The summed E-state index contributed by atoms with van der Waals surface area (Å²) in [5, 5.41) is 14.6. The maximum Gasteiger partial charge on any atom is 0.233 e. The van der Waals surface area contributed by atoms with E-state index in [-0.39, 0.29) is 17.2 Å². The van der Waals surface area contributed by atoms with Gasteiger partial charge in [-0.2, -0.15) is 0 Å². The molecule has 5 nitrogen and oxygen atoms in total. The Morgan fingerprint density at radius 2 is 2.06 bits per heavy atom. The molecule has 0 aromatic carbocycles. The smallest absolute Gasteiger partial charge is 0.233 e. The Balaban J connectivity index is 2.52. The quantitative estimate of drug-likeness (QED) is 0.301. The molecule has 1 amide bonds. The normalized spacial score (nSPS) is 19.6. The number of carbonyl (C=O) groups excluding carboxylic acids is 1. The Bertz CT molecular complexity index is 314. The lowest BCUT2D eigenvalue weighted by atomic mass is 9.67. The standard InChI is InChI=1S/C12H23N3O2/c1-11(2,3)7-8-14-10(16)12(5-4-6-12)9(13)15-17/h17H,4-8H2,1-3H3,(H2,13,15)(H,14,16). The van der Waals surface area contributed by atoms with Gasteiger partial charge in [0.1, 0.15) is 5.41 Å². The van der Waals surface area contributed by atoms with Gasteiger partial charge in [-0.15, -0.1) is 0 Å². The van der Waals surface area contributed by atoms with E-state index in [1.54, 1.807) is 0 Å². The Morgan fingerprint density at radius 3 is 2.41 bits per heavy atom. The second kappa shape index (κ2) is 4.94. The SMILES string of the molecule is CC(C)(C)CCNC(=O)C1(C(N)=NO)CCC1. The van der Waals surface area contributed by atoms with E-state index in [9.17, 15) is 4.79 Å². The summed E-state index contributed by atoms with van der Waals surface area (Å²) in [6.45, 7) is 7.01. The van der Waals surface area contributed by atoms with Crippen LogP contribution in [0.25, 0.3) is 0 Å². The van der Waals surface area contributed by atoms with E-state index in [0.717, 1.165) is 12.8 Å². The Labute approximate surface area is 102 Å². The van der Waals surface area contributed by atoms with Gasteiger partial charge < -0.3 is 16.3 Å². The van der Waals surface area contributed by atoms with E-state index in [1.807, 2.05) is 0 Å². The number of oxime groups is 1. The fourth-order valence-corrected chi connectivity index (χ4v) is 1.95. The predicted octanol–water partition coefficient (Wildman–Crippen LogP) is 1.46. The molecule has 1 fully saturated rings. The number of nitrogens with one attached hydrogen (secondary N) is 1. The lowest BCUT2D eigenvalue weighted by Crippen LogP contribution is -2.54. The molecule has 0 radical (unpaired) electrons. The van der Waals surface area contributed by atoms with Crippen LogP contribution in [0.15, 0.2) is 5.16 Å². The highest BCUT2D eigenvalue weighted by atomic mass is 16.4. The molecule has 17 heavy (non-hydrogen) atoms. The number of nitrogens with two attached hydrogens (primary N) is 1. The first-order valence-electron chi connectivity index (χ1n) is 6.08. The van der Waals surface area contributed by atoms with E-state index in [2.05, 4.69) is 31.2 Å². The van der Waals surface area contributed by atoms with Gasteiger partial charge in [0.2, 0.25) is 5.91 Å². The summed E-state index contributed by atoms with van der Waals surface area (Å²) < 4.78 is 0. The van der Waals surface area contributed by atoms with E-state index in [1.165, 1.54) is 0 Å². The fourth-order valence-electron chi connectivity index (χ4n) is 1.95. The van der Waals surface area contributed by atoms with Gasteiger partial charge in [-0.25, -0.2) is 0 Å². The monoisotopic (exact) mass is 241 g/mol. The minimum absolute atomic E-state index is 0.0389. The van der Waals surface area contributed by atoms with E-state index in [4.69, 9.17) is 10.9 Å². The van der Waals surface area contributed by atoms with Crippen LogP contribution in [0.1, 0.15) is 46.5 Å². The van der Waals surface area contributed by atoms with Crippen LogP contribution in [0.3, 0.4) is 0 Å². The Kier molecular flexibility index (Phi) is 4.01. The van der Waals surface area contributed by atoms with Crippen molar-refractivity contribution in [2.75, 3.05) is 6.54 Å². The molecule has 4 N–H and O–H groups in total. The van der Waals surface area contributed by atoms with Crippen LogP contribution in [-0.2, 0) is 4.79 Å². The van der Waals surface area contributed by atoms with Crippen LogP contribution < -0.4 is 11.1 Å². The van der Waals surface area contributed by atoms with E-state index >= 15 is 0 Å². The maximum absolute atomic E-state index is 12.1. The summed E-state index contributed by atoms with van der Waals surface area (Å²) in [4.78, 5) is 12.1. The first-order valence-corrected chi connectivity index (χ1v) is 6.08. The molecule has 0 aromatic heterocycles. The highest BCUT2D eigenvalue weighted by Crippen LogP contribution is 2.41. The molecule has 0 atom stereocenters. The molecular formula is C12H23N3O2. The van der Waals surface area contributed by atoms with E-state index in [0.29, 0.717) is 19.4 Å². The van der Waals surface area contributed by atoms with Crippen LogP contribution in [0.5, 0.6) is 0 Å². The van der Waals surface area contributed by atoms with Gasteiger partial charge in [0.25, 0.3) is 0 Å². The second-order valence-electron chi connectivity index (χ2n) is 5.99. The third-order valence-corrected chi connectivity index (χ3v) is 3.40. The summed E-state index contributed by atoms with van der Waals surface area (Å²) in [6.07, 6.45) is 3.20. The van der Waals surface area contributed by atoms with Crippen LogP contribution in [0, 0.1) is 10.8 Å². The van der Waals surface area contributed by atoms with Crippen LogP contribution in [-0.4, -0.2) is 23.5 Å². The molecule has 0 aliphatic heterocycles. The summed E-state index contributed by atoms with van der Waals surface area (Å²) in [5.41, 5.74) is 5.04. The molecule has 1 rings (SSSR count). The van der Waals surface area contributed by atoms with Gasteiger partial charge >= 0.3 is 0 Å². The molecular weight excluding hydrogens is 218 g/mol. The molecule has 1 aliphatic rings. The molecule has 0 heterocycles. The highest BCUT2D eigenvalue weighted by molar-refractivity contribution is 6.07. The van der Waals surface area contributed by atoms with Crippen molar-refractivity contribution in [3.8, 4) is 0 Å². The zero-order valence-electron chi connectivity index (χ0n) is 10.9. The van der Waals surface area contributed by atoms with Gasteiger partial charge in [0.05, 0.1) is 0 Å². The Morgan fingerprint density at radius 1 is 1.47 bits per heavy atom. The molecule has 1 aliphatic carbocycles. The average molecular weight is 241 g/mol. The van der Waals surface area contributed by atoms with Gasteiger partial charge in [-0.1, -0.05) is 32.3 Å². The number of hydrogen-bond acceptors (Lipinski definition) is 3. The number of nitrogens with zero attached hydrogens (tertiary/aromatic N) is 1. The van der Waals surface area contributed by atoms with Gasteiger partial charge in [0, 0.05) is 6.54 Å². The first-order chi connectivity index (χ1) is 7.82. The zero-order chi connectivity index (χ0) is 13.1. The summed E-state index contributed by atoms with van der Waals surface area (Å²) in [6, 6.07) is 0. The van der Waals surface area contributed by atoms with Crippen molar-refractivity contribution in [3.63, 3.8) is 0 Å². The van der Waals surface area contributed by atoms with E-state index < -0.39 is 5.41 Å². The maximum atomic E-state index is 12.1. The number of amidine groups is 1. The predicted molar refractivity (Wildman–Crippen MR) is 66.8 cm³/mol. The summed E-state index contributed by atoms with van der Waals surface area (Å²) in [7, 11) is 0. The average Bonchev–Trinajstić information content (AvgIpc) is 2.13. The lowest BCUT2D eigenvalue weighted by molar-refractivity contribution is -0.131. The second-order valence-corrected chi connectivity index (χ2v) is 5.99. The van der Waals surface area contributed by atoms with Gasteiger partial charge in [-0.3, -0.25) is 4.79 Å². The highest BCUT2D eigenvalue weighted by Gasteiger charge is 2.48. The number of carbonyl (C=O) groups is 1. The fraction of sp³-hybridized carbons (Fsp3) is 0.833. The largest absolute Gasteiger partial charge is 0.409 e. The molecule has 0 saturated heterocycles. The zero-order valence-corrected chi connectivity index (χ0v) is 10.9. The molecule has 0 aromatic rings. The molecule has 0 unspecified atom stereocenters. The third kappa shape index (κ3) is 3.11. The van der Waals surface area contributed by atoms with Crippen LogP contribution in [0.4, 0.5) is 0 Å². The van der Waals surface area contributed by atoms with Crippen LogP contribution >= 0.6 is 0 Å². The third-order valence-electron chi connectivity index (χ3n) is 3.40. The molecule has 98 valence electrons. The lowest BCUT2D eigenvalue weighted by Gasteiger charge is -2.38. The van der Waals surface area contributed by atoms with Crippen molar-refractivity contribution in [2.45, 2.75) is 46.5 Å².